The van der Waals surface area contributed by atoms with Crippen LogP contribution in [0.15, 0.2) is 18.2 Å². The van der Waals surface area contributed by atoms with Crippen molar-refractivity contribution >= 4 is 19.7 Å². The molecule has 0 unspecified atom stereocenters. The molecule has 3 nitrogen and oxygen atoms in total. The minimum atomic E-state index is -3.57. The Labute approximate surface area is 114 Å². The molecule has 18 heavy (non-hydrogen) atoms. The minimum absolute atomic E-state index is 0.203. The molecule has 0 atom stereocenters. The van der Waals surface area contributed by atoms with E-state index in [4.69, 9.17) is 15.4 Å². The van der Waals surface area contributed by atoms with Crippen LogP contribution in [0.25, 0.3) is 0 Å². The van der Waals surface area contributed by atoms with Crippen LogP contribution in [0.2, 0.25) is 0 Å². The van der Waals surface area contributed by atoms with Crippen molar-refractivity contribution in [2.45, 2.75) is 38.4 Å². The van der Waals surface area contributed by atoms with Gasteiger partial charge in [0.2, 0.25) is 9.05 Å². The van der Waals surface area contributed by atoms with Crippen LogP contribution in [0.3, 0.4) is 0 Å². The maximum absolute atomic E-state index is 11.2. The van der Waals surface area contributed by atoms with Gasteiger partial charge in [0.1, 0.15) is 5.75 Å². The zero-order valence-electron chi connectivity index (χ0n) is 10.9. The van der Waals surface area contributed by atoms with E-state index in [1.165, 1.54) is 7.11 Å². The Morgan fingerprint density at radius 1 is 1.28 bits per heavy atom. The Hall–Kier alpha value is -0.740. The normalized spacial score (nSPS) is 11.8. The molecule has 1 aromatic rings. The third-order valence-electron chi connectivity index (χ3n) is 3.09. The van der Waals surface area contributed by atoms with Gasteiger partial charge >= 0.3 is 0 Å². The summed E-state index contributed by atoms with van der Waals surface area (Å²) in [5.74, 6) is 0.799. The van der Waals surface area contributed by atoms with E-state index in [0.29, 0.717) is 17.2 Å². The van der Waals surface area contributed by atoms with Crippen LogP contribution < -0.4 is 4.74 Å². The van der Waals surface area contributed by atoms with Gasteiger partial charge in [-0.2, -0.15) is 0 Å². The second-order valence-corrected chi connectivity index (χ2v) is 7.04. The van der Waals surface area contributed by atoms with Gasteiger partial charge in [0.25, 0.3) is 0 Å². The van der Waals surface area contributed by atoms with Crippen molar-refractivity contribution in [2.24, 2.45) is 0 Å². The summed E-state index contributed by atoms with van der Waals surface area (Å²) >= 11 is 0. The third-order valence-corrected chi connectivity index (χ3v) is 4.07. The lowest BCUT2D eigenvalue weighted by Crippen LogP contribution is -2.02. The van der Waals surface area contributed by atoms with Crippen LogP contribution in [0.5, 0.6) is 5.75 Å². The van der Waals surface area contributed by atoms with Crippen LogP contribution in [-0.4, -0.2) is 15.5 Å². The summed E-state index contributed by atoms with van der Waals surface area (Å²) < 4.78 is 27.6. The highest BCUT2D eigenvalue weighted by Gasteiger charge is 2.15. The predicted octanol–water partition coefficient (Wildman–Crippen LogP) is 3.67. The van der Waals surface area contributed by atoms with Gasteiger partial charge in [-0.25, -0.2) is 8.42 Å². The van der Waals surface area contributed by atoms with Crippen LogP contribution in [0.4, 0.5) is 0 Å². The third kappa shape index (κ3) is 4.18. The molecule has 0 heterocycles. The number of hydrogen-bond donors (Lipinski definition) is 0. The molecule has 1 rings (SSSR count). The maximum atomic E-state index is 11.2. The van der Waals surface area contributed by atoms with E-state index >= 15 is 0 Å². The molecule has 0 spiro atoms. The van der Waals surface area contributed by atoms with Crippen LogP contribution in [0, 0.1) is 0 Å². The Morgan fingerprint density at radius 3 is 2.33 bits per heavy atom. The Balaban J connectivity index is 3.16. The molecule has 1 aromatic carbocycles. The first-order valence-corrected chi connectivity index (χ1v) is 8.48. The zero-order valence-corrected chi connectivity index (χ0v) is 12.5. The maximum Gasteiger partial charge on any atom is 0.236 e. The molecule has 5 heteroatoms. The van der Waals surface area contributed by atoms with Crippen molar-refractivity contribution in [2.75, 3.05) is 7.11 Å². The molecule has 0 saturated heterocycles. The molecule has 0 aliphatic rings. The van der Waals surface area contributed by atoms with E-state index in [1.54, 1.807) is 0 Å². The Morgan fingerprint density at radius 2 is 1.89 bits per heavy atom. The van der Waals surface area contributed by atoms with E-state index in [2.05, 4.69) is 13.8 Å². The Kier molecular flexibility index (Phi) is 5.47. The van der Waals surface area contributed by atoms with Gasteiger partial charge in [0, 0.05) is 16.2 Å². The quantitative estimate of drug-likeness (QED) is 0.751. The summed E-state index contributed by atoms with van der Waals surface area (Å²) in [7, 11) is 3.26. The number of ether oxygens (including phenoxy) is 1. The second-order valence-electron chi connectivity index (χ2n) is 4.27. The summed E-state index contributed by atoms with van der Waals surface area (Å²) in [6, 6.07) is 5.68. The summed E-state index contributed by atoms with van der Waals surface area (Å²) in [6.45, 7) is 4.24. The molecule has 0 N–H and O–H groups in total. The predicted molar refractivity (Wildman–Crippen MR) is 74.8 cm³/mol. The Bertz CT molecular complexity index is 493. The second kappa shape index (κ2) is 6.43. The molecule has 0 radical (unpaired) electrons. The standard InChI is InChI=1S/C13H19ClO3S/c1-4-10(5-2)11-6-7-13(17-3)12(8-11)9-18(14,15)16/h6-8,10H,4-5,9H2,1-3H3. The monoisotopic (exact) mass is 290 g/mol. The number of rotatable bonds is 6. The van der Waals surface area contributed by atoms with Gasteiger partial charge in [-0.3, -0.25) is 0 Å². The van der Waals surface area contributed by atoms with Gasteiger partial charge in [-0.1, -0.05) is 26.0 Å². The molecule has 102 valence electrons. The minimum Gasteiger partial charge on any atom is -0.496 e. The fourth-order valence-corrected chi connectivity index (χ4v) is 3.06. The van der Waals surface area contributed by atoms with Gasteiger partial charge in [0.15, 0.2) is 0 Å². The number of methoxy groups -OCH3 is 1. The molecule has 0 bridgehead atoms. The van der Waals surface area contributed by atoms with Crippen LogP contribution >= 0.6 is 10.7 Å². The molecule has 0 aromatic heterocycles. The van der Waals surface area contributed by atoms with Gasteiger partial charge in [-0.15, -0.1) is 0 Å². The molecule has 0 saturated carbocycles. The average molecular weight is 291 g/mol. The van der Waals surface area contributed by atoms with E-state index in [-0.39, 0.29) is 5.75 Å². The highest BCUT2D eigenvalue weighted by Crippen LogP contribution is 2.29. The first-order chi connectivity index (χ1) is 8.41. The SMILES string of the molecule is CCC(CC)c1ccc(OC)c(CS(=O)(=O)Cl)c1. The van der Waals surface area contributed by atoms with Crippen LogP contribution in [-0.2, 0) is 14.8 Å². The summed E-state index contributed by atoms with van der Waals surface area (Å²) in [4.78, 5) is 0. The first-order valence-electron chi connectivity index (χ1n) is 6.00. The van der Waals surface area contributed by atoms with E-state index < -0.39 is 9.05 Å². The van der Waals surface area contributed by atoms with Crippen molar-refractivity contribution in [3.63, 3.8) is 0 Å². The largest absolute Gasteiger partial charge is 0.496 e. The van der Waals surface area contributed by atoms with Gasteiger partial charge < -0.3 is 4.74 Å². The van der Waals surface area contributed by atoms with Crippen molar-refractivity contribution in [1.82, 2.24) is 0 Å². The van der Waals surface area contributed by atoms with Gasteiger partial charge in [0.05, 0.1) is 12.9 Å². The highest BCUT2D eigenvalue weighted by molar-refractivity contribution is 8.13. The lowest BCUT2D eigenvalue weighted by molar-refractivity contribution is 0.410. The first kappa shape index (κ1) is 15.3. The van der Waals surface area contributed by atoms with Crippen molar-refractivity contribution < 1.29 is 13.2 Å². The van der Waals surface area contributed by atoms with Crippen molar-refractivity contribution in [3.8, 4) is 5.75 Å². The van der Waals surface area contributed by atoms with E-state index in [9.17, 15) is 8.42 Å². The smallest absolute Gasteiger partial charge is 0.236 e. The summed E-state index contributed by atoms with van der Waals surface area (Å²) in [5.41, 5.74) is 1.76. The van der Waals surface area contributed by atoms with Crippen LogP contribution in [0.1, 0.15) is 43.7 Å². The molecule has 0 amide bonds. The molecule has 0 fully saturated rings. The molecule has 0 aliphatic carbocycles. The lowest BCUT2D eigenvalue weighted by Gasteiger charge is -2.15. The number of benzene rings is 1. The van der Waals surface area contributed by atoms with Gasteiger partial charge in [-0.05, 0) is 30.4 Å². The fraction of sp³-hybridized carbons (Fsp3) is 0.538. The van der Waals surface area contributed by atoms with E-state index in [1.807, 2.05) is 18.2 Å². The number of halogens is 1. The summed E-state index contributed by atoms with van der Waals surface area (Å²) in [6.07, 6.45) is 2.05. The fourth-order valence-electron chi connectivity index (χ4n) is 2.11. The topological polar surface area (TPSA) is 43.4 Å². The lowest BCUT2D eigenvalue weighted by atomic mass is 9.93. The zero-order chi connectivity index (χ0) is 13.8. The van der Waals surface area contributed by atoms with Crippen molar-refractivity contribution in [1.29, 1.82) is 0 Å². The highest BCUT2D eigenvalue weighted by atomic mass is 35.7. The molecule has 0 aliphatic heterocycles. The molecular weight excluding hydrogens is 272 g/mol. The number of hydrogen-bond acceptors (Lipinski definition) is 3. The average Bonchev–Trinajstić information content (AvgIpc) is 2.29. The van der Waals surface area contributed by atoms with E-state index in [0.717, 1.165) is 18.4 Å². The molecular formula is C13H19ClO3S. The summed E-state index contributed by atoms with van der Waals surface area (Å²) in [5, 5.41) is 0. The van der Waals surface area contributed by atoms with Crippen molar-refractivity contribution in [3.05, 3.63) is 29.3 Å².